The number of rotatable bonds is 8. The Labute approximate surface area is 292 Å². The molecule has 5 aromatic rings. The van der Waals surface area contributed by atoms with Gasteiger partial charge in [-0.15, -0.1) is 17.7 Å². The molecule has 0 saturated carbocycles. The van der Waals surface area contributed by atoms with Crippen LogP contribution in [0.5, 0.6) is 0 Å². The smallest absolute Gasteiger partial charge is 0.386 e. The molecule has 0 spiro atoms. The van der Waals surface area contributed by atoms with Crippen LogP contribution >= 0.6 is 0 Å². The third-order valence-corrected chi connectivity index (χ3v) is 8.02. The molecule has 0 amide bonds. The van der Waals surface area contributed by atoms with Crippen molar-refractivity contribution in [1.29, 1.82) is 0 Å². The Balaban J connectivity index is 0.00000230. The first kappa shape index (κ1) is 33.6. The minimum Gasteiger partial charge on any atom is -0.386 e. The number of nitrogens with zero attached hydrogens (tertiary/aromatic N) is 1. The largest absolute Gasteiger partial charge is 2.00 e. The van der Waals surface area contributed by atoms with Crippen molar-refractivity contribution in [2.75, 3.05) is 6.54 Å². The van der Waals surface area contributed by atoms with E-state index in [-0.39, 0.29) is 38.5 Å². The zero-order chi connectivity index (χ0) is 29.8. The summed E-state index contributed by atoms with van der Waals surface area (Å²) < 4.78 is 2.30. The van der Waals surface area contributed by atoms with Gasteiger partial charge < -0.3 is 17.3 Å². The molecule has 0 atom stereocenters. The van der Waals surface area contributed by atoms with Crippen molar-refractivity contribution in [3.8, 4) is 16.9 Å². The van der Waals surface area contributed by atoms with Crippen LogP contribution in [0.15, 0.2) is 140 Å². The maximum atomic E-state index is 4.20. The van der Waals surface area contributed by atoms with Crippen molar-refractivity contribution in [2.24, 2.45) is 0 Å². The minimum absolute atomic E-state index is 0. The molecular formula is C42H38N2U. The molecule has 1 N–H and O–H groups in total. The van der Waals surface area contributed by atoms with Crippen LogP contribution in [0.25, 0.3) is 51.6 Å². The van der Waals surface area contributed by atoms with Gasteiger partial charge in [-0.25, -0.2) is 0 Å². The molecule has 4 aromatic carbocycles. The van der Waals surface area contributed by atoms with Crippen molar-refractivity contribution >= 4 is 34.7 Å². The Hall–Kier alpha value is -4.29. The third kappa shape index (κ3) is 7.02. The van der Waals surface area contributed by atoms with E-state index in [0.717, 1.165) is 62.7 Å². The number of aryl methyl sites for hydroxylation is 1. The normalized spacial score (nSPS) is 12.9. The fraction of sp³-hybridized carbons (Fsp3) is 0.0714. The Bertz CT molecular complexity index is 1970. The number of fused-ring (bicyclic) bond motifs is 1. The summed E-state index contributed by atoms with van der Waals surface area (Å²) in [5.41, 5.74) is 12.3. The van der Waals surface area contributed by atoms with E-state index >= 15 is 0 Å². The SMILES string of the molecule is C=C/C(=C\C)C1=CC=C(c2ccc(-c3c(C)[c-]c(/C=C/c4ccc5ccccc5c4)n3-c3ccccc3)c(C=C)c2)NC1.[CH3-].[U+2]. The van der Waals surface area contributed by atoms with Crippen LogP contribution in [-0.2, 0) is 0 Å². The molecule has 220 valence electrons. The summed E-state index contributed by atoms with van der Waals surface area (Å²) in [7, 11) is 0. The van der Waals surface area contributed by atoms with Crippen molar-refractivity contribution in [1.82, 2.24) is 9.88 Å². The van der Waals surface area contributed by atoms with E-state index in [1.807, 2.05) is 19.1 Å². The summed E-state index contributed by atoms with van der Waals surface area (Å²) in [5.74, 6) is 0. The zero-order valence-corrected chi connectivity index (χ0v) is 30.4. The van der Waals surface area contributed by atoms with Gasteiger partial charge in [0.25, 0.3) is 0 Å². The zero-order valence-electron chi connectivity index (χ0n) is 26.3. The van der Waals surface area contributed by atoms with E-state index < -0.39 is 0 Å². The van der Waals surface area contributed by atoms with Crippen LogP contribution in [0.4, 0.5) is 0 Å². The summed E-state index contributed by atoms with van der Waals surface area (Å²) in [5, 5.41) is 6.07. The predicted octanol–water partition coefficient (Wildman–Crippen LogP) is 10.7. The first-order chi connectivity index (χ1) is 21.1. The fourth-order valence-corrected chi connectivity index (χ4v) is 5.80. The van der Waals surface area contributed by atoms with Crippen molar-refractivity contribution in [3.05, 3.63) is 181 Å². The first-order valence-corrected chi connectivity index (χ1v) is 14.7. The number of dihydropyridines is 1. The molecule has 0 radical (unpaired) electrons. The summed E-state index contributed by atoms with van der Waals surface area (Å²) >= 11 is 0. The predicted molar refractivity (Wildman–Crippen MR) is 192 cm³/mol. The average Bonchev–Trinajstić information content (AvgIpc) is 3.40. The molecular weight excluding hydrogens is 771 g/mol. The van der Waals surface area contributed by atoms with E-state index in [9.17, 15) is 0 Å². The molecule has 0 aliphatic carbocycles. The van der Waals surface area contributed by atoms with E-state index in [1.54, 1.807) is 0 Å². The summed E-state index contributed by atoms with van der Waals surface area (Å²) in [6.45, 7) is 13.1. The second-order valence-corrected chi connectivity index (χ2v) is 10.7. The summed E-state index contributed by atoms with van der Waals surface area (Å²) in [6, 6.07) is 35.8. The van der Waals surface area contributed by atoms with Gasteiger partial charge in [-0.05, 0) is 87.1 Å². The van der Waals surface area contributed by atoms with Crippen LogP contribution in [-0.4, -0.2) is 11.1 Å². The molecule has 3 heteroatoms. The van der Waals surface area contributed by atoms with Crippen molar-refractivity contribution in [2.45, 2.75) is 13.8 Å². The number of hydrogen-bond acceptors (Lipinski definition) is 1. The Morgan fingerprint density at radius 2 is 1.62 bits per heavy atom. The molecule has 6 rings (SSSR count). The minimum atomic E-state index is 0. The van der Waals surface area contributed by atoms with Crippen LogP contribution in [0.2, 0.25) is 0 Å². The second kappa shape index (κ2) is 15.1. The second-order valence-electron chi connectivity index (χ2n) is 10.7. The monoisotopic (exact) mass is 808 g/mol. The van der Waals surface area contributed by atoms with Crippen LogP contribution < -0.4 is 5.32 Å². The van der Waals surface area contributed by atoms with Gasteiger partial charge in [-0.2, -0.15) is 6.07 Å². The van der Waals surface area contributed by atoms with E-state index in [4.69, 9.17) is 0 Å². The summed E-state index contributed by atoms with van der Waals surface area (Å²) in [4.78, 5) is 0. The van der Waals surface area contributed by atoms with Gasteiger partial charge in [0.15, 0.2) is 0 Å². The molecule has 0 fully saturated rings. The molecule has 45 heavy (non-hydrogen) atoms. The fourth-order valence-electron chi connectivity index (χ4n) is 5.80. The van der Waals surface area contributed by atoms with E-state index in [1.165, 1.54) is 16.3 Å². The number of aromatic nitrogens is 1. The number of benzene rings is 4. The van der Waals surface area contributed by atoms with E-state index in [0.29, 0.717) is 0 Å². The molecule has 0 bridgehead atoms. The Morgan fingerprint density at radius 3 is 2.31 bits per heavy atom. The number of allylic oxidation sites excluding steroid dienone is 4. The van der Waals surface area contributed by atoms with Gasteiger partial charge in [0, 0.05) is 17.9 Å². The maximum Gasteiger partial charge on any atom is 2.00 e. The Kier molecular flexibility index (Phi) is 11.3. The first-order valence-electron chi connectivity index (χ1n) is 14.7. The molecule has 1 aliphatic heterocycles. The molecule has 1 aromatic heterocycles. The molecule has 2 nitrogen and oxygen atoms in total. The van der Waals surface area contributed by atoms with Crippen LogP contribution in [0, 0.1) is 51.5 Å². The molecule has 1 aliphatic rings. The number of nitrogens with one attached hydrogen (secondary N) is 1. The van der Waals surface area contributed by atoms with Gasteiger partial charge in [0.05, 0.1) is 0 Å². The third-order valence-electron chi connectivity index (χ3n) is 8.02. The van der Waals surface area contributed by atoms with Gasteiger partial charge in [-0.3, -0.25) is 0 Å². The quantitative estimate of drug-likeness (QED) is 0.122. The Morgan fingerprint density at radius 1 is 0.867 bits per heavy atom. The molecule has 2 heterocycles. The van der Waals surface area contributed by atoms with Crippen molar-refractivity contribution < 1.29 is 31.1 Å². The average molecular weight is 809 g/mol. The number of hydrogen-bond donors (Lipinski definition) is 1. The number of para-hydroxylation sites is 1. The topological polar surface area (TPSA) is 17.0 Å². The van der Waals surface area contributed by atoms with Gasteiger partial charge in [-0.1, -0.05) is 117 Å². The van der Waals surface area contributed by atoms with Crippen LogP contribution in [0.3, 0.4) is 0 Å². The van der Waals surface area contributed by atoms with E-state index in [2.05, 4.69) is 157 Å². The maximum absolute atomic E-state index is 4.20. The molecule has 0 saturated heterocycles. The van der Waals surface area contributed by atoms with Gasteiger partial charge in [0.1, 0.15) is 0 Å². The van der Waals surface area contributed by atoms with Gasteiger partial charge in [0.2, 0.25) is 0 Å². The van der Waals surface area contributed by atoms with Gasteiger partial charge >= 0.3 is 31.1 Å². The standard InChI is InChI=1S/C41H35N2.CH3.U/c1-5-31(6-2)36-21-24-40(42-28-36)35-20-23-39(32(7-3)27-35)41-29(4)25-38(43(41)37-15-9-8-10-16-37)22-18-30-17-19-33-13-11-12-14-34(33)26-30;;/h5-24,26-27,42H,1,3,28H2,2,4H3;1H3;/q2*-1;+2/b22-18+,31-6+;;. The molecule has 0 unspecified atom stereocenters. The van der Waals surface area contributed by atoms with Crippen molar-refractivity contribution in [3.63, 3.8) is 0 Å². The van der Waals surface area contributed by atoms with Crippen LogP contribution in [0.1, 0.15) is 34.9 Å². The summed E-state index contributed by atoms with van der Waals surface area (Å²) in [6.07, 6.45) is 14.6.